The number of hydrogen-bond acceptors (Lipinski definition) is 2. The maximum atomic E-state index is 6.41. The monoisotopic (exact) mass is 383 g/mol. The molecule has 2 aromatic rings. The molecule has 2 aromatic carbocycles. The van der Waals surface area contributed by atoms with Gasteiger partial charge in [-0.05, 0) is 56.7 Å². The van der Waals surface area contributed by atoms with E-state index in [0.717, 1.165) is 20.9 Å². The Kier molecular flexibility index (Phi) is 5.78. The molecule has 0 aromatic heterocycles. The van der Waals surface area contributed by atoms with Crippen LogP contribution in [0, 0.1) is 0 Å². The molecular weight excluding hydrogens is 366 g/mol. The number of hydrogen-bond donors (Lipinski definition) is 1. The van der Waals surface area contributed by atoms with E-state index in [1.165, 1.54) is 10.5 Å². The smallest absolute Gasteiger partial charge is 0.0548 e. The van der Waals surface area contributed by atoms with Gasteiger partial charge >= 0.3 is 0 Å². The normalized spacial score (nSPS) is 11.7. The number of rotatable bonds is 4. The van der Waals surface area contributed by atoms with Crippen LogP contribution in [-0.4, -0.2) is 5.54 Å². The molecule has 0 amide bonds. The lowest BCUT2D eigenvalue weighted by Crippen LogP contribution is -2.35. The zero-order chi connectivity index (χ0) is 15.5. The van der Waals surface area contributed by atoms with Crippen molar-refractivity contribution in [3.63, 3.8) is 0 Å². The highest BCUT2D eigenvalue weighted by Crippen LogP contribution is 2.34. The molecule has 0 aliphatic rings. The highest BCUT2D eigenvalue weighted by molar-refractivity contribution is 9.10. The zero-order valence-corrected chi connectivity index (χ0v) is 15.6. The van der Waals surface area contributed by atoms with Crippen molar-refractivity contribution >= 4 is 39.3 Å². The maximum absolute atomic E-state index is 6.41. The van der Waals surface area contributed by atoms with Gasteiger partial charge < -0.3 is 5.32 Å². The average Bonchev–Trinajstić information content (AvgIpc) is 2.38. The van der Waals surface area contributed by atoms with Crippen molar-refractivity contribution in [1.29, 1.82) is 0 Å². The standard InChI is InChI=1S/C17H19BrClNS/c1-17(2,3)20-11-12-7-8-16(15(19)9-12)21-14-6-4-5-13(18)10-14/h4-10,20H,11H2,1-3H3. The van der Waals surface area contributed by atoms with E-state index >= 15 is 0 Å². The van der Waals surface area contributed by atoms with E-state index in [4.69, 9.17) is 11.6 Å². The lowest BCUT2D eigenvalue weighted by Gasteiger charge is -2.20. The Balaban J connectivity index is 2.09. The van der Waals surface area contributed by atoms with Crippen LogP contribution in [-0.2, 0) is 6.54 Å². The van der Waals surface area contributed by atoms with E-state index in [1.54, 1.807) is 11.8 Å². The fourth-order valence-corrected chi connectivity index (χ4v) is 3.51. The zero-order valence-electron chi connectivity index (χ0n) is 12.4. The summed E-state index contributed by atoms with van der Waals surface area (Å²) in [7, 11) is 0. The van der Waals surface area contributed by atoms with E-state index in [-0.39, 0.29) is 5.54 Å². The first-order valence-corrected chi connectivity index (χ1v) is 8.79. The molecule has 21 heavy (non-hydrogen) atoms. The number of nitrogens with one attached hydrogen (secondary N) is 1. The van der Waals surface area contributed by atoms with E-state index < -0.39 is 0 Å². The Bertz CT molecular complexity index is 622. The fraction of sp³-hybridized carbons (Fsp3) is 0.294. The summed E-state index contributed by atoms with van der Waals surface area (Å²) < 4.78 is 1.08. The molecule has 2 rings (SSSR count). The molecule has 0 heterocycles. The minimum absolute atomic E-state index is 0.107. The van der Waals surface area contributed by atoms with Gasteiger partial charge in [-0.1, -0.05) is 51.4 Å². The third kappa shape index (κ3) is 5.67. The van der Waals surface area contributed by atoms with Crippen molar-refractivity contribution < 1.29 is 0 Å². The van der Waals surface area contributed by atoms with Crippen LogP contribution in [0.5, 0.6) is 0 Å². The van der Waals surface area contributed by atoms with Gasteiger partial charge in [-0.3, -0.25) is 0 Å². The molecule has 0 bridgehead atoms. The molecule has 0 unspecified atom stereocenters. The van der Waals surface area contributed by atoms with Gasteiger partial charge in [0.25, 0.3) is 0 Å². The summed E-state index contributed by atoms with van der Waals surface area (Å²) in [4.78, 5) is 2.25. The van der Waals surface area contributed by atoms with Crippen molar-refractivity contribution in [2.75, 3.05) is 0 Å². The van der Waals surface area contributed by atoms with Crippen molar-refractivity contribution in [2.24, 2.45) is 0 Å². The van der Waals surface area contributed by atoms with Crippen molar-refractivity contribution in [2.45, 2.75) is 42.6 Å². The largest absolute Gasteiger partial charge is 0.308 e. The Morgan fingerprint density at radius 1 is 1.14 bits per heavy atom. The van der Waals surface area contributed by atoms with Crippen LogP contribution >= 0.6 is 39.3 Å². The molecule has 0 saturated carbocycles. The van der Waals surface area contributed by atoms with E-state index in [2.05, 4.69) is 66.3 Å². The Morgan fingerprint density at radius 3 is 2.52 bits per heavy atom. The molecule has 0 spiro atoms. The molecule has 0 saturated heterocycles. The lowest BCUT2D eigenvalue weighted by molar-refractivity contribution is 0.424. The number of benzene rings is 2. The van der Waals surface area contributed by atoms with E-state index in [0.29, 0.717) is 0 Å². The predicted octanol–water partition coefficient (Wildman–Crippen LogP) is 6.14. The van der Waals surface area contributed by atoms with Gasteiger partial charge in [-0.2, -0.15) is 0 Å². The van der Waals surface area contributed by atoms with Crippen LogP contribution in [0.15, 0.2) is 56.7 Å². The predicted molar refractivity (Wildman–Crippen MR) is 96.3 cm³/mol. The second-order valence-corrected chi connectivity index (χ2v) is 8.37. The van der Waals surface area contributed by atoms with Crippen LogP contribution < -0.4 is 5.32 Å². The van der Waals surface area contributed by atoms with Gasteiger partial charge in [0.15, 0.2) is 0 Å². The first-order valence-electron chi connectivity index (χ1n) is 6.80. The van der Waals surface area contributed by atoms with Crippen LogP contribution in [0.2, 0.25) is 5.02 Å². The lowest BCUT2D eigenvalue weighted by atomic mass is 10.1. The second kappa shape index (κ2) is 7.19. The molecule has 0 radical (unpaired) electrons. The minimum Gasteiger partial charge on any atom is -0.308 e. The highest BCUT2D eigenvalue weighted by atomic mass is 79.9. The molecular formula is C17H19BrClNS. The molecule has 0 aliphatic heterocycles. The van der Waals surface area contributed by atoms with Gasteiger partial charge in [0.05, 0.1) is 5.02 Å². The van der Waals surface area contributed by atoms with E-state index in [1.807, 2.05) is 18.2 Å². The SMILES string of the molecule is CC(C)(C)NCc1ccc(Sc2cccc(Br)c2)c(Cl)c1. The number of halogens is 2. The summed E-state index contributed by atoms with van der Waals surface area (Å²) in [6.45, 7) is 7.30. The average molecular weight is 385 g/mol. The maximum Gasteiger partial charge on any atom is 0.0548 e. The van der Waals surface area contributed by atoms with Crippen LogP contribution in [0.25, 0.3) is 0 Å². The summed E-state index contributed by atoms with van der Waals surface area (Å²) in [5.74, 6) is 0. The topological polar surface area (TPSA) is 12.0 Å². The van der Waals surface area contributed by atoms with Crippen LogP contribution in [0.4, 0.5) is 0 Å². The van der Waals surface area contributed by atoms with Crippen LogP contribution in [0.3, 0.4) is 0 Å². The first-order chi connectivity index (χ1) is 9.83. The van der Waals surface area contributed by atoms with Gasteiger partial charge in [0, 0.05) is 26.3 Å². The summed E-state index contributed by atoms with van der Waals surface area (Å²) in [6, 6.07) is 14.5. The molecule has 1 nitrogen and oxygen atoms in total. The summed E-state index contributed by atoms with van der Waals surface area (Å²) in [6.07, 6.45) is 0. The fourth-order valence-electron chi connectivity index (χ4n) is 1.76. The summed E-state index contributed by atoms with van der Waals surface area (Å²) >= 11 is 11.6. The van der Waals surface area contributed by atoms with Crippen molar-refractivity contribution in [3.05, 3.63) is 57.5 Å². The molecule has 4 heteroatoms. The highest BCUT2D eigenvalue weighted by Gasteiger charge is 2.10. The minimum atomic E-state index is 0.107. The second-order valence-electron chi connectivity index (χ2n) is 5.93. The Hall–Kier alpha value is -0.480. The quantitative estimate of drug-likeness (QED) is 0.679. The summed E-state index contributed by atoms with van der Waals surface area (Å²) in [5.41, 5.74) is 1.31. The summed E-state index contributed by atoms with van der Waals surface area (Å²) in [5, 5.41) is 4.27. The van der Waals surface area contributed by atoms with Gasteiger partial charge in [-0.25, -0.2) is 0 Å². The van der Waals surface area contributed by atoms with Crippen molar-refractivity contribution in [1.82, 2.24) is 5.32 Å². The van der Waals surface area contributed by atoms with Crippen molar-refractivity contribution in [3.8, 4) is 0 Å². The Labute approximate surface area is 144 Å². The van der Waals surface area contributed by atoms with Gasteiger partial charge in [0.1, 0.15) is 0 Å². The van der Waals surface area contributed by atoms with Gasteiger partial charge in [0.2, 0.25) is 0 Å². The van der Waals surface area contributed by atoms with Gasteiger partial charge in [-0.15, -0.1) is 0 Å². The van der Waals surface area contributed by atoms with Crippen LogP contribution in [0.1, 0.15) is 26.3 Å². The Morgan fingerprint density at radius 2 is 1.90 bits per heavy atom. The third-order valence-corrected chi connectivity index (χ3v) is 4.83. The molecule has 112 valence electrons. The molecule has 0 fully saturated rings. The molecule has 0 atom stereocenters. The molecule has 1 N–H and O–H groups in total. The first kappa shape index (κ1) is 16.9. The molecule has 0 aliphatic carbocycles. The van der Waals surface area contributed by atoms with E-state index in [9.17, 15) is 0 Å². The third-order valence-electron chi connectivity index (χ3n) is 2.84.